The predicted molar refractivity (Wildman–Crippen MR) is 107 cm³/mol. The Labute approximate surface area is 160 Å². The number of rotatable bonds is 7. The van der Waals surface area contributed by atoms with Crippen molar-refractivity contribution >= 4 is 40.9 Å². The molecule has 0 aliphatic heterocycles. The van der Waals surface area contributed by atoms with Crippen LogP contribution in [0.3, 0.4) is 0 Å². The summed E-state index contributed by atoms with van der Waals surface area (Å²) >= 11 is 9.26. The number of thiophene rings is 1. The van der Waals surface area contributed by atoms with Gasteiger partial charge in [0.1, 0.15) is 0 Å². The maximum absolute atomic E-state index is 5.94. The summed E-state index contributed by atoms with van der Waals surface area (Å²) in [5.41, 5.74) is 2.42. The molecule has 0 spiro atoms. The molecule has 0 N–H and O–H groups in total. The van der Waals surface area contributed by atoms with Gasteiger partial charge >= 0.3 is 0 Å². The molecule has 2 aromatic heterocycles. The van der Waals surface area contributed by atoms with Gasteiger partial charge in [0.2, 0.25) is 5.16 Å². The molecule has 0 aliphatic carbocycles. The number of nitrogens with zero attached hydrogens (tertiary/aromatic N) is 4. The van der Waals surface area contributed by atoms with Crippen LogP contribution in [0.1, 0.15) is 35.2 Å². The van der Waals surface area contributed by atoms with E-state index < -0.39 is 0 Å². The Morgan fingerprint density at radius 2 is 2.04 bits per heavy atom. The van der Waals surface area contributed by atoms with Gasteiger partial charge < -0.3 is 0 Å². The molecule has 3 aromatic rings. The Morgan fingerprint density at radius 1 is 1.24 bits per heavy atom. The van der Waals surface area contributed by atoms with Crippen LogP contribution in [0.2, 0.25) is 5.02 Å². The number of hydrogen-bond donors (Lipinski definition) is 0. The largest absolute Gasteiger partial charge is 0.212 e. The average Bonchev–Trinajstić information content (AvgIpc) is 3.19. The van der Waals surface area contributed by atoms with E-state index in [-0.39, 0.29) is 0 Å². The van der Waals surface area contributed by atoms with Gasteiger partial charge in [0.25, 0.3) is 0 Å². The van der Waals surface area contributed by atoms with Crippen LogP contribution in [-0.2, 0) is 12.2 Å². The molecule has 7 heteroatoms. The van der Waals surface area contributed by atoms with Gasteiger partial charge in [0, 0.05) is 17.2 Å². The van der Waals surface area contributed by atoms with Crippen LogP contribution in [0, 0.1) is 6.92 Å². The highest BCUT2D eigenvalue weighted by molar-refractivity contribution is 7.98. The van der Waals surface area contributed by atoms with Gasteiger partial charge in [0.15, 0.2) is 5.82 Å². The fraction of sp³-hybridized carbons (Fsp3) is 0.278. The lowest BCUT2D eigenvalue weighted by molar-refractivity contribution is 0.700. The SMILES string of the molecule is CCCc1nnc(SCc2ccc(Cl)cc2)n1/N=C/c1sccc1C. The van der Waals surface area contributed by atoms with Crippen molar-refractivity contribution in [2.75, 3.05) is 0 Å². The molecule has 0 saturated carbocycles. The Bertz CT molecular complexity index is 852. The Hall–Kier alpha value is -1.63. The van der Waals surface area contributed by atoms with Crippen LogP contribution in [0.25, 0.3) is 0 Å². The van der Waals surface area contributed by atoms with E-state index in [2.05, 4.69) is 40.6 Å². The molecule has 3 rings (SSSR count). The van der Waals surface area contributed by atoms with Crippen LogP contribution in [0.5, 0.6) is 0 Å². The van der Waals surface area contributed by atoms with E-state index in [4.69, 9.17) is 11.6 Å². The second-order valence-corrected chi connectivity index (χ2v) is 7.91. The van der Waals surface area contributed by atoms with Gasteiger partial charge in [-0.2, -0.15) is 9.78 Å². The van der Waals surface area contributed by atoms with Crippen molar-refractivity contribution in [2.24, 2.45) is 5.10 Å². The summed E-state index contributed by atoms with van der Waals surface area (Å²) in [6, 6.07) is 9.97. The molecular formula is C18H19ClN4S2. The molecule has 0 aliphatic rings. The minimum absolute atomic E-state index is 0.748. The number of halogens is 1. The molecule has 25 heavy (non-hydrogen) atoms. The molecule has 0 amide bonds. The predicted octanol–water partition coefficient (Wildman–Crippen LogP) is 5.43. The molecule has 0 atom stereocenters. The van der Waals surface area contributed by atoms with E-state index in [1.54, 1.807) is 23.1 Å². The van der Waals surface area contributed by atoms with Crippen molar-refractivity contribution in [3.8, 4) is 0 Å². The summed E-state index contributed by atoms with van der Waals surface area (Å²) in [6.07, 6.45) is 3.76. The summed E-state index contributed by atoms with van der Waals surface area (Å²) in [6.45, 7) is 4.22. The highest BCUT2D eigenvalue weighted by atomic mass is 35.5. The molecule has 0 saturated heterocycles. The zero-order chi connectivity index (χ0) is 17.6. The highest BCUT2D eigenvalue weighted by Gasteiger charge is 2.12. The maximum atomic E-state index is 5.94. The lowest BCUT2D eigenvalue weighted by atomic mass is 10.2. The molecule has 130 valence electrons. The first-order chi connectivity index (χ1) is 12.2. The first kappa shape index (κ1) is 18.2. The summed E-state index contributed by atoms with van der Waals surface area (Å²) in [4.78, 5) is 1.16. The molecule has 0 radical (unpaired) electrons. The van der Waals surface area contributed by atoms with Crippen molar-refractivity contribution in [3.05, 3.63) is 62.6 Å². The van der Waals surface area contributed by atoms with Crippen LogP contribution >= 0.6 is 34.7 Å². The van der Waals surface area contributed by atoms with Crippen molar-refractivity contribution in [1.29, 1.82) is 0 Å². The van der Waals surface area contributed by atoms with Crippen LogP contribution in [0.15, 0.2) is 46.0 Å². The van der Waals surface area contributed by atoms with Gasteiger partial charge in [-0.1, -0.05) is 42.4 Å². The number of hydrogen-bond acceptors (Lipinski definition) is 5. The van der Waals surface area contributed by atoms with E-state index in [0.717, 1.165) is 39.5 Å². The molecular weight excluding hydrogens is 372 g/mol. The molecule has 0 bridgehead atoms. The zero-order valence-electron chi connectivity index (χ0n) is 14.1. The Balaban J connectivity index is 1.80. The number of aryl methyl sites for hydroxylation is 2. The van der Waals surface area contributed by atoms with Crippen LogP contribution < -0.4 is 0 Å². The molecule has 0 unspecified atom stereocenters. The monoisotopic (exact) mass is 390 g/mol. The third-order valence-electron chi connectivity index (χ3n) is 3.62. The third-order valence-corrected chi connectivity index (χ3v) is 5.82. The van der Waals surface area contributed by atoms with Gasteiger partial charge in [-0.05, 0) is 48.1 Å². The fourth-order valence-corrected chi connectivity index (χ4v) is 4.00. The second kappa shape index (κ2) is 8.65. The van der Waals surface area contributed by atoms with Crippen molar-refractivity contribution in [3.63, 3.8) is 0 Å². The van der Waals surface area contributed by atoms with Crippen molar-refractivity contribution < 1.29 is 0 Å². The quantitative estimate of drug-likeness (QED) is 0.399. The number of aromatic nitrogens is 3. The molecule has 2 heterocycles. The Kier molecular flexibility index (Phi) is 6.29. The number of thioether (sulfide) groups is 1. The normalized spacial score (nSPS) is 11.5. The second-order valence-electron chi connectivity index (χ2n) is 5.59. The van der Waals surface area contributed by atoms with Gasteiger partial charge in [-0.15, -0.1) is 21.5 Å². The van der Waals surface area contributed by atoms with Crippen LogP contribution in [0.4, 0.5) is 0 Å². The summed E-state index contributed by atoms with van der Waals surface area (Å²) in [7, 11) is 0. The highest BCUT2D eigenvalue weighted by Crippen LogP contribution is 2.23. The first-order valence-electron chi connectivity index (χ1n) is 8.07. The number of benzene rings is 1. The maximum Gasteiger partial charge on any atom is 0.212 e. The van der Waals surface area contributed by atoms with E-state index >= 15 is 0 Å². The zero-order valence-corrected chi connectivity index (χ0v) is 16.5. The van der Waals surface area contributed by atoms with E-state index in [9.17, 15) is 0 Å². The third kappa shape index (κ3) is 4.71. The lowest BCUT2D eigenvalue weighted by Crippen LogP contribution is -2.00. The molecule has 0 fully saturated rings. The minimum atomic E-state index is 0.748. The van der Waals surface area contributed by atoms with Crippen molar-refractivity contribution in [1.82, 2.24) is 14.9 Å². The topological polar surface area (TPSA) is 43.1 Å². The van der Waals surface area contributed by atoms with E-state index in [0.29, 0.717) is 0 Å². The minimum Gasteiger partial charge on any atom is -0.191 e. The van der Waals surface area contributed by atoms with Gasteiger partial charge in [-0.25, -0.2) is 0 Å². The van der Waals surface area contributed by atoms with Gasteiger partial charge in [0.05, 0.1) is 11.1 Å². The average molecular weight is 391 g/mol. The Morgan fingerprint density at radius 3 is 2.72 bits per heavy atom. The molecule has 4 nitrogen and oxygen atoms in total. The van der Waals surface area contributed by atoms with E-state index in [1.807, 2.05) is 35.2 Å². The summed E-state index contributed by atoms with van der Waals surface area (Å²) < 4.78 is 1.86. The molecule has 1 aromatic carbocycles. The van der Waals surface area contributed by atoms with Gasteiger partial charge in [-0.3, -0.25) is 0 Å². The summed E-state index contributed by atoms with van der Waals surface area (Å²) in [5, 5.41) is 16.9. The fourth-order valence-electron chi connectivity index (χ4n) is 2.24. The van der Waals surface area contributed by atoms with Crippen LogP contribution in [-0.4, -0.2) is 21.1 Å². The smallest absolute Gasteiger partial charge is 0.191 e. The standard InChI is InChI=1S/C18H19ClN4S2/c1-3-4-17-21-22-18(25-12-14-5-7-15(19)8-6-14)23(17)20-11-16-13(2)9-10-24-16/h5-11H,3-4,12H2,1-2H3/b20-11+. The lowest BCUT2D eigenvalue weighted by Gasteiger charge is -2.04. The van der Waals surface area contributed by atoms with Crippen molar-refractivity contribution in [2.45, 2.75) is 37.6 Å². The van der Waals surface area contributed by atoms with E-state index in [1.165, 1.54) is 11.1 Å². The first-order valence-corrected chi connectivity index (χ1v) is 10.3. The summed E-state index contributed by atoms with van der Waals surface area (Å²) in [5.74, 6) is 1.70.